The van der Waals surface area contributed by atoms with Gasteiger partial charge in [-0.25, -0.2) is 0 Å². The van der Waals surface area contributed by atoms with Crippen LogP contribution in [-0.4, -0.2) is 0 Å². The van der Waals surface area contributed by atoms with E-state index >= 15 is 0 Å². The topological polar surface area (TPSA) is 0 Å². The second-order valence-electron chi connectivity index (χ2n) is 2.48. The monoisotopic (exact) mass is 254 g/mol. The van der Waals surface area contributed by atoms with Gasteiger partial charge >= 0.3 is 0 Å². The zero-order valence-electron chi connectivity index (χ0n) is 14.7. The van der Waals surface area contributed by atoms with Crippen LogP contribution in [0.15, 0.2) is 24.3 Å². The molecule has 110 valence electrons. The van der Waals surface area contributed by atoms with E-state index in [1.807, 2.05) is 55.4 Å². The highest BCUT2D eigenvalue weighted by molar-refractivity contribution is 5.26. The van der Waals surface area contributed by atoms with Gasteiger partial charge in [0.25, 0.3) is 0 Å². The molecular weight excluding hydrogens is 216 g/mol. The number of hydrogen-bond donors (Lipinski definition) is 0. The number of hydrogen-bond acceptors (Lipinski definition) is 0. The second kappa shape index (κ2) is 29.8. The van der Waals surface area contributed by atoms with Gasteiger partial charge in [-0.15, -0.1) is 0 Å². The van der Waals surface area contributed by atoms with Gasteiger partial charge in [0.2, 0.25) is 0 Å². The molecule has 0 fully saturated rings. The van der Waals surface area contributed by atoms with Crippen LogP contribution in [-0.2, 0) is 12.8 Å². The van der Waals surface area contributed by atoms with Crippen molar-refractivity contribution in [1.29, 1.82) is 0 Å². The minimum atomic E-state index is 1.16. The molecule has 0 heteroatoms. The summed E-state index contributed by atoms with van der Waals surface area (Å²) in [4.78, 5) is 0. The van der Waals surface area contributed by atoms with Gasteiger partial charge in [-0.2, -0.15) is 0 Å². The fraction of sp³-hybridized carbons (Fsp3) is 0.667. The molecule has 0 heterocycles. The van der Waals surface area contributed by atoms with Crippen LogP contribution in [0, 0.1) is 0 Å². The SMILES string of the molecule is CC.CC.CC.CC.CCc1ccccc1CC. The fourth-order valence-electron chi connectivity index (χ4n) is 1.25. The van der Waals surface area contributed by atoms with E-state index < -0.39 is 0 Å². The van der Waals surface area contributed by atoms with Crippen molar-refractivity contribution in [3.05, 3.63) is 35.4 Å². The molecule has 1 aromatic carbocycles. The number of benzene rings is 1. The van der Waals surface area contributed by atoms with E-state index in [2.05, 4.69) is 38.1 Å². The van der Waals surface area contributed by atoms with Crippen molar-refractivity contribution in [2.45, 2.75) is 82.1 Å². The zero-order valence-corrected chi connectivity index (χ0v) is 14.7. The normalized spacial score (nSPS) is 6.78. The molecule has 0 saturated heterocycles. The average molecular weight is 255 g/mol. The first-order valence-electron chi connectivity index (χ1n) is 7.95. The standard InChI is InChI=1S/C10H14.4C2H6/c1-3-9-7-5-6-8-10(9)4-2;4*1-2/h5-8H,3-4H2,1-2H3;4*1-2H3. The molecule has 0 unspecified atom stereocenters. The Labute approximate surface area is 118 Å². The van der Waals surface area contributed by atoms with E-state index in [0.29, 0.717) is 0 Å². The van der Waals surface area contributed by atoms with Crippen molar-refractivity contribution in [2.24, 2.45) is 0 Å². The maximum atomic E-state index is 2.21. The smallest absolute Gasteiger partial charge is 0.0305 e. The molecule has 0 bridgehead atoms. The highest BCUT2D eigenvalue weighted by atomic mass is 14.0. The first kappa shape index (κ1) is 25.9. The third-order valence-electron chi connectivity index (χ3n) is 1.88. The molecule has 0 N–H and O–H groups in total. The Morgan fingerprint density at radius 1 is 0.556 bits per heavy atom. The van der Waals surface area contributed by atoms with Gasteiger partial charge in [0.1, 0.15) is 0 Å². The van der Waals surface area contributed by atoms with Crippen molar-refractivity contribution in [3.63, 3.8) is 0 Å². The fourth-order valence-corrected chi connectivity index (χ4v) is 1.25. The summed E-state index contributed by atoms with van der Waals surface area (Å²) < 4.78 is 0. The van der Waals surface area contributed by atoms with E-state index in [-0.39, 0.29) is 0 Å². The molecular formula is C18H38. The van der Waals surface area contributed by atoms with Gasteiger partial charge in [-0.1, -0.05) is 93.5 Å². The van der Waals surface area contributed by atoms with Gasteiger partial charge in [0, 0.05) is 0 Å². The molecule has 0 spiro atoms. The molecule has 1 aromatic rings. The predicted molar refractivity (Wildman–Crippen MR) is 90.6 cm³/mol. The zero-order chi connectivity index (χ0) is 15.4. The van der Waals surface area contributed by atoms with Gasteiger partial charge in [0.05, 0.1) is 0 Å². The van der Waals surface area contributed by atoms with Crippen LogP contribution in [0.25, 0.3) is 0 Å². The van der Waals surface area contributed by atoms with Gasteiger partial charge in [0.15, 0.2) is 0 Å². The van der Waals surface area contributed by atoms with E-state index in [1.165, 1.54) is 11.1 Å². The van der Waals surface area contributed by atoms with Crippen LogP contribution in [0.1, 0.15) is 80.4 Å². The van der Waals surface area contributed by atoms with Gasteiger partial charge in [-0.05, 0) is 24.0 Å². The highest BCUT2D eigenvalue weighted by Gasteiger charge is 1.93. The number of aryl methyl sites for hydroxylation is 2. The predicted octanol–water partition coefficient (Wildman–Crippen LogP) is 6.92. The largest absolute Gasteiger partial charge is 0.0683 e. The summed E-state index contributed by atoms with van der Waals surface area (Å²) >= 11 is 0. The Balaban J connectivity index is -0.000000105. The number of rotatable bonds is 2. The second-order valence-corrected chi connectivity index (χ2v) is 2.48. The molecule has 0 radical (unpaired) electrons. The summed E-state index contributed by atoms with van der Waals surface area (Å²) in [5, 5.41) is 0. The first-order valence-corrected chi connectivity index (χ1v) is 7.95. The molecule has 0 aromatic heterocycles. The minimum Gasteiger partial charge on any atom is -0.0683 e. The average Bonchev–Trinajstić information content (AvgIpc) is 2.55. The van der Waals surface area contributed by atoms with Crippen LogP contribution in [0.5, 0.6) is 0 Å². The summed E-state index contributed by atoms with van der Waals surface area (Å²) in [6.07, 6.45) is 2.31. The Hall–Kier alpha value is -0.780. The van der Waals surface area contributed by atoms with Crippen LogP contribution in [0.3, 0.4) is 0 Å². The maximum Gasteiger partial charge on any atom is -0.0305 e. The molecule has 0 aliphatic heterocycles. The van der Waals surface area contributed by atoms with Gasteiger partial charge < -0.3 is 0 Å². The van der Waals surface area contributed by atoms with Crippen LogP contribution in [0.2, 0.25) is 0 Å². The molecule has 0 saturated carbocycles. The molecule has 0 aliphatic carbocycles. The Morgan fingerprint density at radius 3 is 0.944 bits per heavy atom. The molecule has 0 nitrogen and oxygen atoms in total. The van der Waals surface area contributed by atoms with E-state index in [0.717, 1.165) is 12.8 Å². The lowest BCUT2D eigenvalue weighted by Gasteiger charge is -2.02. The lowest BCUT2D eigenvalue weighted by Crippen LogP contribution is -1.88. The lowest BCUT2D eigenvalue weighted by atomic mass is 10.0. The highest BCUT2D eigenvalue weighted by Crippen LogP contribution is 2.08. The van der Waals surface area contributed by atoms with E-state index in [4.69, 9.17) is 0 Å². The van der Waals surface area contributed by atoms with Crippen molar-refractivity contribution in [3.8, 4) is 0 Å². The van der Waals surface area contributed by atoms with Gasteiger partial charge in [-0.3, -0.25) is 0 Å². The summed E-state index contributed by atoms with van der Waals surface area (Å²) in [5.74, 6) is 0. The summed E-state index contributed by atoms with van der Waals surface area (Å²) in [6.45, 7) is 20.4. The quantitative estimate of drug-likeness (QED) is 0.537. The molecule has 1 rings (SSSR count). The maximum absolute atomic E-state index is 2.21. The molecule has 0 aliphatic rings. The summed E-state index contributed by atoms with van der Waals surface area (Å²) in [7, 11) is 0. The van der Waals surface area contributed by atoms with Crippen molar-refractivity contribution in [1.82, 2.24) is 0 Å². The minimum absolute atomic E-state index is 1.16. The van der Waals surface area contributed by atoms with Crippen molar-refractivity contribution < 1.29 is 0 Å². The Bertz CT molecular complexity index is 178. The third kappa shape index (κ3) is 15.2. The van der Waals surface area contributed by atoms with E-state index in [9.17, 15) is 0 Å². The van der Waals surface area contributed by atoms with Crippen molar-refractivity contribution in [2.75, 3.05) is 0 Å². The summed E-state index contributed by atoms with van der Waals surface area (Å²) in [5.41, 5.74) is 2.98. The Morgan fingerprint density at radius 2 is 0.778 bits per heavy atom. The van der Waals surface area contributed by atoms with E-state index in [1.54, 1.807) is 0 Å². The van der Waals surface area contributed by atoms with Crippen LogP contribution >= 0.6 is 0 Å². The Kier molecular flexibility index (Phi) is 43.0. The summed E-state index contributed by atoms with van der Waals surface area (Å²) in [6, 6.07) is 8.63. The first-order chi connectivity index (χ1) is 8.88. The lowest BCUT2D eigenvalue weighted by molar-refractivity contribution is 1.04. The van der Waals surface area contributed by atoms with Crippen molar-refractivity contribution >= 4 is 0 Å². The molecule has 18 heavy (non-hydrogen) atoms. The van der Waals surface area contributed by atoms with Crippen LogP contribution in [0.4, 0.5) is 0 Å². The third-order valence-corrected chi connectivity index (χ3v) is 1.88. The van der Waals surface area contributed by atoms with Crippen LogP contribution < -0.4 is 0 Å². The molecule has 0 atom stereocenters. The molecule has 0 amide bonds.